The Labute approximate surface area is 124 Å². The minimum atomic E-state index is -0.835. The molecule has 1 aromatic rings. The maximum Gasteiger partial charge on any atom is 0.303 e. The van der Waals surface area contributed by atoms with Crippen molar-refractivity contribution in [1.82, 2.24) is 5.32 Å². The lowest BCUT2D eigenvalue weighted by Gasteiger charge is -2.29. The number of carbonyl (C=O) groups is 2. The molecule has 5 heteroatoms. The van der Waals surface area contributed by atoms with E-state index in [-0.39, 0.29) is 18.4 Å². The molecule has 1 saturated heterocycles. The summed E-state index contributed by atoms with van der Waals surface area (Å²) in [6.45, 7) is 2.94. The Bertz CT molecular complexity index is 516. The van der Waals surface area contributed by atoms with E-state index in [1.54, 1.807) is 0 Å². The van der Waals surface area contributed by atoms with Gasteiger partial charge in [0.2, 0.25) is 5.91 Å². The van der Waals surface area contributed by atoms with Gasteiger partial charge in [-0.3, -0.25) is 9.59 Å². The summed E-state index contributed by atoms with van der Waals surface area (Å²) in [6, 6.07) is 7.21. The number of rotatable bonds is 5. The second kappa shape index (κ2) is 7.22. The lowest BCUT2D eigenvalue weighted by atomic mass is 9.92. The molecule has 2 rings (SSSR count). The van der Waals surface area contributed by atoms with E-state index < -0.39 is 5.97 Å². The minimum absolute atomic E-state index is 0.0371. The van der Waals surface area contributed by atoms with Crippen LogP contribution in [0.3, 0.4) is 0 Å². The van der Waals surface area contributed by atoms with Gasteiger partial charge in [0.1, 0.15) is 0 Å². The van der Waals surface area contributed by atoms with Crippen molar-refractivity contribution in [2.45, 2.75) is 38.6 Å². The minimum Gasteiger partial charge on any atom is -0.481 e. The van der Waals surface area contributed by atoms with Crippen molar-refractivity contribution in [1.29, 1.82) is 0 Å². The number of anilines is 1. The van der Waals surface area contributed by atoms with Crippen LogP contribution >= 0.6 is 0 Å². The van der Waals surface area contributed by atoms with Crippen molar-refractivity contribution in [3.05, 3.63) is 29.8 Å². The van der Waals surface area contributed by atoms with E-state index in [1.807, 2.05) is 24.3 Å². The Hall–Kier alpha value is -1.88. The molecule has 0 spiro atoms. The SMILES string of the molecule is CC1CCCNC1C(=O)Nc1ccccc1CCC(=O)O. The summed E-state index contributed by atoms with van der Waals surface area (Å²) in [5.74, 6) is -0.561. The van der Waals surface area contributed by atoms with Gasteiger partial charge in [0, 0.05) is 12.1 Å². The molecule has 0 aromatic heterocycles. The van der Waals surface area contributed by atoms with E-state index >= 15 is 0 Å². The number of aryl methyl sites for hydroxylation is 1. The van der Waals surface area contributed by atoms with E-state index in [9.17, 15) is 9.59 Å². The molecule has 0 radical (unpaired) electrons. The van der Waals surface area contributed by atoms with Gasteiger partial charge in [-0.25, -0.2) is 0 Å². The van der Waals surface area contributed by atoms with E-state index in [2.05, 4.69) is 17.6 Å². The van der Waals surface area contributed by atoms with Gasteiger partial charge in [0.15, 0.2) is 0 Å². The molecule has 1 fully saturated rings. The lowest BCUT2D eigenvalue weighted by molar-refractivity contribution is -0.137. The van der Waals surface area contributed by atoms with Gasteiger partial charge in [-0.05, 0) is 43.4 Å². The van der Waals surface area contributed by atoms with Gasteiger partial charge in [-0.2, -0.15) is 0 Å². The van der Waals surface area contributed by atoms with Crippen molar-refractivity contribution < 1.29 is 14.7 Å². The van der Waals surface area contributed by atoms with Crippen LogP contribution in [0, 0.1) is 5.92 Å². The molecule has 1 aliphatic rings. The molecule has 21 heavy (non-hydrogen) atoms. The molecule has 1 aliphatic heterocycles. The fourth-order valence-electron chi connectivity index (χ4n) is 2.71. The smallest absolute Gasteiger partial charge is 0.303 e. The lowest BCUT2D eigenvalue weighted by Crippen LogP contribution is -2.48. The van der Waals surface area contributed by atoms with E-state index in [4.69, 9.17) is 5.11 Å². The van der Waals surface area contributed by atoms with Crippen molar-refractivity contribution in [3.63, 3.8) is 0 Å². The summed E-state index contributed by atoms with van der Waals surface area (Å²) in [4.78, 5) is 23.1. The van der Waals surface area contributed by atoms with Gasteiger partial charge in [0.05, 0.1) is 6.04 Å². The number of nitrogens with one attached hydrogen (secondary N) is 2. The third kappa shape index (κ3) is 4.29. The van der Waals surface area contributed by atoms with Gasteiger partial charge in [-0.1, -0.05) is 25.1 Å². The Morgan fingerprint density at radius 2 is 2.14 bits per heavy atom. The first-order chi connectivity index (χ1) is 10.1. The molecular weight excluding hydrogens is 268 g/mol. The molecule has 0 saturated carbocycles. The van der Waals surface area contributed by atoms with E-state index in [0.717, 1.165) is 24.9 Å². The zero-order valence-corrected chi connectivity index (χ0v) is 12.3. The number of carboxylic acids is 1. The zero-order chi connectivity index (χ0) is 15.2. The average molecular weight is 290 g/mol. The zero-order valence-electron chi connectivity index (χ0n) is 12.3. The highest BCUT2D eigenvalue weighted by Crippen LogP contribution is 2.20. The summed E-state index contributed by atoms with van der Waals surface area (Å²) in [7, 11) is 0. The van der Waals surface area contributed by atoms with E-state index in [0.29, 0.717) is 18.0 Å². The predicted molar refractivity (Wildman–Crippen MR) is 81.2 cm³/mol. The van der Waals surface area contributed by atoms with Crippen LogP contribution in [0.15, 0.2) is 24.3 Å². The van der Waals surface area contributed by atoms with Gasteiger partial charge in [0.25, 0.3) is 0 Å². The maximum absolute atomic E-state index is 12.4. The standard InChI is InChI=1S/C16H22N2O3/c1-11-5-4-10-17-15(11)16(21)18-13-7-3-2-6-12(13)8-9-14(19)20/h2-3,6-7,11,15,17H,4-5,8-10H2,1H3,(H,18,21)(H,19,20). The van der Waals surface area contributed by atoms with E-state index in [1.165, 1.54) is 0 Å². The first-order valence-corrected chi connectivity index (χ1v) is 7.42. The van der Waals surface area contributed by atoms with Crippen LogP contribution in [0.2, 0.25) is 0 Å². The Kier molecular flexibility index (Phi) is 5.33. The summed E-state index contributed by atoms with van der Waals surface area (Å²) in [6.07, 6.45) is 2.62. The molecule has 3 N–H and O–H groups in total. The van der Waals surface area contributed by atoms with Crippen LogP contribution in [0.4, 0.5) is 5.69 Å². The van der Waals surface area contributed by atoms with Crippen LogP contribution in [0.25, 0.3) is 0 Å². The molecule has 1 heterocycles. The molecule has 2 atom stereocenters. The molecule has 114 valence electrons. The van der Waals surface area contributed by atoms with Crippen molar-refractivity contribution in [3.8, 4) is 0 Å². The molecule has 0 aliphatic carbocycles. The van der Waals surface area contributed by atoms with Crippen LogP contribution in [-0.2, 0) is 16.0 Å². The maximum atomic E-state index is 12.4. The monoisotopic (exact) mass is 290 g/mol. The Balaban J connectivity index is 2.04. The first-order valence-electron chi connectivity index (χ1n) is 7.42. The molecule has 1 aromatic carbocycles. The second-order valence-electron chi connectivity index (χ2n) is 5.59. The highest BCUT2D eigenvalue weighted by atomic mass is 16.4. The first kappa shape index (κ1) is 15.5. The number of para-hydroxylation sites is 1. The van der Waals surface area contributed by atoms with Crippen molar-refractivity contribution in [2.24, 2.45) is 5.92 Å². The Morgan fingerprint density at radius 1 is 1.38 bits per heavy atom. The number of aliphatic carboxylic acids is 1. The van der Waals surface area contributed by atoms with Crippen molar-refractivity contribution >= 4 is 17.6 Å². The third-order valence-electron chi connectivity index (χ3n) is 3.94. The van der Waals surface area contributed by atoms with Crippen LogP contribution < -0.4 is 10.6 Å². The average Bonchev–Trinajstić information content (AvgIpc) is 2.46. The number of benzene rings is 1. The number of carbonyl (C=O) groups excluding carboxylic acids is 1. The fourth-order valence-corrected chi connectivity index (χ4v) is 2.71. The second-order valence-corrected chi connectivity index (χ2v) is 5.59. The van der Waals surface area contributed by atoms with Crippen LogP contribution in [-0.4, -0.2) is 29.6 Å². The normalized spacial score (nSPS) is 21.8. The molecule has 0 bridgehead atoms. The van der Waals surface area contributed by atoms with Gasteiger partial charge in [-0.15, -0.1) is 0 Å². The van der Waals surface area contributed by atoms with Gasteiger partial charge < -0.3 is 15.7 Å². The largest absolute Gasteiger partial charge is 0.481 e. The molecule has 5 nitrogen and oxygen atoms in total. The summed E-state index contributed by atoms with van der Waals surface area (Å²) < 4.78 is 0. The predicted octanol–water partition coefficient (Wildman–Crippen LogP) is 2.03. The summed E-state index contributed by atoms with van der Waals surface area (Å²) >= 11 is 0. The van der Waals surface area contributed by atoms with Crippen LogP contribution in [0.1, 0.15) is 31.7 Å². The molecular formula is C16H22N2O3. The number of piperidine rings is 1. The quantitative estimate of drug-likeness (QED) is 0.775. The highest BCUT2D eigenvalue weighted by Gasteiger charge is 2.27. The number of carboxylic acid groups (broad SMARTS) is 1. The number of hydrogen-bond acceptors (Lipinski definition) is 3. The van der Waals surface area contributed by atoms with Gasteiger partial charge >= 0.3 is 5.97 Å². The third-order valence-corrected chi connectivity index (χ3v) is 3.94. The molecule has 2 unspecified atom stereocenters. The summed E-state index contributed by atoms with van der Waals surface area (Å²) in [5, 5.41) is 15.0. The number of amides is 1. The highest BCUT2D eigenvalue weighted by molar-refractivity contribution is 5.95. The molecule has 1 amide bonds. The number of hydrogen-bond donors (Lipinski definition) is 3. The Morgan fingerprint density at radius 3 is 2.86 bits per heavy atom. The summed E-state index contributed by atoms with van der Waals surface area (Å²) in [5.41, 5.74) is 1.57. The topological polar surface area (TPSA) is 78.4 Å². The van der Waals surface area contributed by atoms with Crippen LogP contribution in [0.5, 0.6) is 0 Å². The van der Waals surface area contributed by atoms with Crippen molar-refractivity contribution in [2.75, 3.05) is 11.9 Å². The fraction of sp³-hybridized carbons (Fsp3) is 0.500.